The number of fused-ring (bicyclic) bond motifs is 3. The Hall–Kier alpha value is -3.22. The van der Waals surface area contributed by atoms with Crippen LogP contribution in [-0.4, -0.2) is 24.5 Å². The van der Waals surface area contributed by atoms with Gasteiger partial charge in [0.05, 0.1) is 42.9 Å². The number of ether oxygens (including phenoxy) is 2. The van der Waals surface area contributed by atoms with E-state index in [2.05, 4.69) is 0 Å². The van der Waals surface area contributed by atoms with Crippen molar-refractivity contribution in [3.63, 3.8) is 0 Å². The van der Waals surface area contributed by atoms with Gasteiger partial charge in [0.2, 0.25) is 0 Å². The van der Waals surface area contributed by atoms with Gasteiger partial charge in [0.25, 0.3) is 0 Å². The van der Waals surface area contributed by atoms with Crippen molar-refractivity contribution in [2.45, 2.75) is 25.6 Å². The summed E-state index contributed by atoms with van der Waals surface area (Å²) >= 11 is 0. The molecule has 7 heteroatoms. The van der Waals surface area contributed by atoms with Gasteiger partial charge in [0, 0.05) is 23.4 Å². The third-order valence-corrected chi connectivity index (χ3v) is 5.28. The molecule has 0 spiro atoms. The van der Waals surface area contributed by atoms with E-state index < -0.39 is 11.7 Å². The molecule has 0 bridgehead atoms. The van der Waals surface area contributed by atoms with Gasteiger partial charge in [-0.2, -0.15) is 13.2 Å². The lowest BCUT2D eigenvalue weighted by atomic mass is 10.0. The van der Waals surface area contributed by atoms with Gasteiger partial charge in [0.15, 0.2) is 11.5 Å². The smallest absolute Gasteiger partial charge is 0.416 e. The van der Waals surface area contributed by atoms with E-state index in [-0.39, 0.29) is 6.04 Å². The summed E-state index contributed by atoms with van der Waals surface area (Å²) in [6, 6.07) is 12.5. The van der Waals surface area contributed by atoms with Gasteiger partial charge in [-0.25, -0.2) is 0 Å². The highest BCUT2D eigenvalue weighted by Crippen LogP contribution is 2.40. The zero-order chi connectivity index (χ0) is 21.5. The van der Waals surface area contributed by atoms with Crippen molar-refractivity contribution in [2.75, 3.05) is 14.2 Å². The molecule has 0 aliphatic carbocycles. The molecule has 3 aromatic rings. The first-order chi connectivity index (χ1) is 14.4. The van der Waals surface area contributed by atoms with Crippen LogP contribution in [0.15, 0.2) is 59.7 Å². The molecule has 4 rings (SSSR count). The summed E-state index contributed by atoms with van der Waals surface area (Å²) in [5.41, 5.74) is 2.76. The number of alkyl halides is 3. The maximum Gasteiger partial charge on any atom is 0.416 e. The van der Waals surface area contributed by atoms with Gasteiger partial charge in [-0.3, -0.25) is 4.99 Å². The van der Waals surface area contributed by atoms with Crippen LogP contribution in [0.2, 0.25) is 0 Å². The number of hydrogen-bond donors (Lipinski definition) is 0. The van der Waals surface area contributed by atoms with Crippen LogP contribution in [0.3, 0.4) is 0 Å². The number of methoxy groups -OCH3 is 2. The maximum absolute atomic E-state index is 13.3. The molecule has 1 atom stereocenters. The Morgan fingerprint density at radius 2 is 1.73 bits per heavy atom. The molecule has 1 aromatic heterocycles. The summed E-state index contributed by atoms with van der Waals surface area (Å²) in [6.07, 6.45) is -1.87. The highest BCUT2D eigenvalue weighted by atomic mass is 19.4. The van der Waals surface area contributed by atoms with Crippen molar-refractivity contribution in [1.29, 1.82) is 0 Å². The van der Waals surface area contributed by atoms with Crippen LogP contribution in [0.25, 0.3) is 5.69 Å². The fourth-order valence-corrected chi connectivity index (χ4v) is 3.81. The van der Waals surface area contributed by atoms with Gasteiger partial charge in [-0.15, -0.1) is 0 Å². The molecular weight excluding hydrogens is 393 g/mol. The SMILES string of the molecule is CC[C@@H]1N=C(c2cccc(C(F)(F)F)c2)c2cccn2-c2cc(OC)c(OC)cc21. The lowest BCUT2D eigenvalue weighted by Gasteiger charge is -2.18. The lowest BCUT2D eigenvalue weighted by molar-refractivity contribution is -0.137. The Bertz CT molecular complexity index is 1120. The molecule has 1 aliphatic heterocycles. The normalized spacial score (nSPS) is 15.7. The summed E-state index contributed by atoms with van der Waals surface area (Å²) in [6.45, 7) is 2.00. The molecule has 2 aromatic carbocycles. The minimum Gasteiger partial charge on any atom is -0.493 e. The van der Waals surface area contributed by atoms with Gasteiger partial charge >= 0.3 is 6.18 Å². The fourth-order valence-electron chi connectivity index (χ4n) is 3.81. The van der Waals surface area contributed by atoms with Crippen molar-refractivity contribution in [1.82, 2.24) is 4.57 Å². The molecule has 0 saturated heterocycles. The molecule has 1 aliphatic rings. The van der Waals surface area contributed by atoms with Gasteiger partial charge < -0.3 is 14.0 Å². The van der Waals surface area contributed by atoms with E-state index in [4.69, 9.17) is 14.5 Å². The van der Waals surface area contributed by atoms with Crippen LogP contribution in [0.1, 0.15) is 41.8 Å². The standard InChI is InChI=1S/C23H21F3N2O2/c1-4-17-16-12-20(29-2)21(30-3)13-19(16)28-10-6-9-18(28)22(27-17)14-7-5-8-15(11-14)23(24,25)26/h5-13,17H,4H2,1-3H3/t17-/m0/s1. The first-order valence-corrected chi connectivity index (χ1v) is 9.56. The van der Waals surface area contributed by atoms with Crippen LogP contribution >= 0.6 is 0 Å². The molecule has 30 heavy (non-hydrogen) atoms. The molecule has 0 unspecified atom stereocenters. The maximum atomic E-state index is 13.3. The monoisotopic (exact) mass is 414 g/mol. The second-order valence-electron chi connectivity index (χ2n) is 7.01. The molecule has 4 nitrogen and oxygen atoms in total. The van der Waals surface area contributed by atoms with Crippen LogP contribution < -0.4 is 9.47 Å². The number of aliphatic imine (C=N–C) groups is 1. The predicted octanol–water partition coefficient (Wildman–Crippen LogP) is 5.82. The van der Waals surface area contributed by atoms with E-state index in [1.807, 2.05) is 42.0 Å². The average molecular weight is 414 g/mol. The Balaban J connectivity index is 1.96. The Morgan fingerprint density at radius 3 is 2.40 bits per heavy atom. The number of rotatable bonds is 4. The molecule has 0 radical (unpaired) electrons. The van der Waals surface area contributed by atoms with E-state index in [0.29, 0.717) is 29.2 Å². The number of hydrogen-bond acceptors (Lipinski definition) is 3. The Kier molecular flexibility index (Phi) is 5.05. The van der Waals surface area contributed by atoms with E-state index in [9.17, 15) is 13.2 Å². The van der Waals surface area contributed by atoms with Crippen molar-refractivity contribution >= 4 is 5.71 Å². The van der Waals surface area contributed by atoms with E-state index >= 15 is 0 Å². The third kappa shape index (κ3) is 3.34. The summed E-state index contributed by atoms with van der Waals surface area (Å²) < 4.78 is 52.8. The number of halogens is 3. The summed E-state index contributed by atoms with van der Waals surface area (Å²) in [7, 11) is 3.14. The zero-order valence-electron chi connectivity index (χ0n) is 16.8. The number of aromatic nitrogens is 1. The quantitative estimate of drug-likeness (QED) is 0.540. The average Bonchev–Trinajstić information content (AvgIpc) is 3.18. The summed E-state index contributed by atoms with van der Waals surface area (Å²) in [4.78, 5) is 4.91. The topological polar surface area (TPSA) is 35.8 Å². The van der Waals surface area contributed by atoms with Gasteiger partial charge in [-0.1, -0.05) is 19.1 Å². The van der Waals surface area contributed by atoms with Crippen molar-refractivity contribution in [2.24, 2.45) is 4.99 Å². The molecular formula is C23H21F3N2O2. The molecule has 0 fully saturated rings. The van der Waals surface area contributed by atoms with Crippen molar-refractivity contribution in [3.05, 3.63) is 77.1 Å². The molecule has 156 valence electrons. The fraction of sp³-hybridized carbons (Fsp3) is 0.261. The minimum atomic E-state index is -4.42. The minimum absolute atomic E-state index is 0.246. The highest BCUT2D eigenvalue weighted by molar-refractivity contribution is 6.13. The summed E-state index contributed by atoms with van der Waals surface area (Å²) in [5.74, 6) is 1.16. The van der Waals surface area contributed by atoms with Crippen LogP contribution in [-0.2, 0) is 6.18 Å². The molecule has 0 amide bonds. The highest BCUT2D eigenvalue weighted by Gasteiger charge is 2.32. The van der Waals surface area contributed by atoms with Gasteiger partial charge in [-0.05, 0) is 36.8 Å². The molecule has 2 heterocycles. The largest absolute Gasteiger partial charge is 0.493 e. The van der Waals surface area contributed by atoms with E-state index in [1.54, 1.807) is 20.3 Å². The second-order valence-corrected chi connectivity index (χ2v) is 7.01. The van der Waals surface area contributed by atoms with Crippen LogP contribution in [0, 0.1) is 0 Å². The van der Waals surface area contributed by atoms with Crippen molar-refractivity contribution < 1.29 is 22.6 Å². The predicted molar refractivity (Wildman–Crippen MR) is 109 cm³/mol. The molecule has 0 N–H and O–H groups in total. The summed E-state index contributed by atoms with van der Waals surface area (Å²) in [5, 5.41) is 0. The Morgan fingerprint density at radius 1 is 1.00 bits per heavy atom. The zero-order valence-corrected chi connectivity index (χ0v) is 16.8. The van der Waals surface area contributed by atoms with E-state index in [0.717, 1.165) is 29.1 Å². The first kappa shape index (κ1) is 20.1. The second kappa shape index (κ2) is 7.55. The van der Waals surface area contributed by atoms with Crippen LogP contribution in [0.4, 0.5) is 13.2 Å². The first-order valence-electron chi connectivity index (χ1n) is 9.56. The Labute approximate surface area is 172 Å². The van der Waals surface area contributed by atoms with Crippen molar-refractivity contribution in [3.8, 4) is 17.2 Å². The number of benzene rings is 2. The van der Waals surface area contributed by atoms with Gasteiger partial charge in [0.1, 0.15) is 0 Å². The number of nitrogens with zero attached hydrogens (tertiary/aromatic N) is 2. The lowest BCUT2D eigenvalue weighted by Crippen LogP contribution is -2.11. The van der Waals surface area contributed by atoms with Crippen LogP contribution in [0.5, 0.6) is 11.5 Å². The third-order valence-electron chi connectivity index (χ3n) is 5.28. The molecule has 0 saturated carbocycles. The van der Waals surface area contributed by atoms with E-state index in [1.165, 1.54) is 6.07 Å².